The molecule has 1 aliphatic rings. The van der Waals surface area contributed by atoms with Gasteiger partial charge in [0.1, 0.15) is 0 Å². The van der Waals surface area contributed by atoms with Gasteiger partial charge in [0.2, 0.25) is 0 Å². The summed E-state index contributed by atoms with van der Waals surface area (Å²) in [5, 5.41) is 14.0. The van der Waals surface area contributed by atoms with Crippen molar-refractivity contribution in [1.82, 2.24) is 14.8 Å². The van der Waals surface area contributed by atoms with Crippen LogP contribution in [-0.2, 0) is 7.05 Å². The van der Waals surface area contributed by atoms with Crippen LogP contribution in [0.25, 0.3) is 0 Å². The molecule has 1 fully saturated rings. The van der Waals surface area contributed by atoms with Crippen molar-refractivity contribution in [2.24, 2.45) is 13.0 Å². The van der Waals surface area contributed by atoms with E-state index in [0.717, 1.165) is 38.9 Å². The Kier molecular flexibility index (Phi) is 6.83. The van der Waals surface area contributed by atoms with Gasteiger partial charge in [0.25, 0.3) is 5.91 Å². The molecular weight excluding hydrogens is 308 g/mol. The Bertz CT molecular complexity index is 524. The number of amides is 1. The maximum Gasteiger partial charge on any atom is 0.323 e. The zero-order chi connectivity index (χ0) is 15.4. The van der Waals surface area contributed by atoms with Crippen molar-refractivity contribution in [2.75, 3.05) is 26.7 Å². The van der Waals surface area contributed by atoms with Gasteiger partial charge in [0.15, 0.2) is 5.69 Å². The highest BCUT2D eigenvalue weighted by Gasteiger charge is 2.28. The number of rotatable bonds is 5. The van der Waals surface area contributed by atoms with Gasteiger partial charge >= 0.3 is 5.82 Å². The van der Waals surface area contributed by atoms with E-state index in [9.17, 15) is 14.9 Å². The average Bonchev–Trinajstić information content (AvgIpc) is 2.87. The number of nitrogens with one attached hydrogen (secondary N) is 1. The van der Waals surface area contributed by atoms with E-state index in [-0.39, 0.29) is 24.1 Å². The minimum absolute atomic E-state index is 0. The predicted octanol–water partition coefficient (Wildman–Crippen LogP) is 1.82. The van der Waals surface area contributed by atoms with Crippen molar-refractivity contribution < 1.29 is 9.72 Å². The number of hydrogen-bond donors (Lipinski definition) is 1. The number of nitro groups is 1. The fraction of sp³-hybridized carbons (Fsp3) is 0.643. The van der Waals surface area contributed by atoms with Crippen molar-refractivity contribution in [2.45, 2.75) is 19.3 Å². The number of carbonyl (C=O) groups excluding carboxylic acids is 1. The first-order valence-electron chi connectivity index (χ1n) is 7.28. The molecule has 2 rings (SSSR count). The standard InChI is InChI=1S/C14H22N4O3.ClH/c1-15-8-5-11-6-9-17(10-7-11)14(19)12-3-4-13(16(12)2)18(20)21;/h3-4,11,15H,5-10H2,1-2H3;1H. The molecule has 0 bridgehead atoms. The molecule has 22 heavy (non-hydrogen) atoms. The molecule has 1 aromatic heterocycles. The number of nitrogens with zero attached hydrogens (tertiary/aromatic N) is 3. The molecule has 0 spiro atoms. The first-order valence-corrected chi connectivity index (χ1v) is 7.28. The Hall–Kier alpha value is -1.60. The van der Waals surface area contributed by atoms with Crippen molar-refractivity contribution in [3.8, 4) is 0 Å². The van der Waals surface area contributed by atoms with Crippen LogP contribution in [0.3, 0.4) is 0 Å². The van der Waals surface area contributed by atoms with E-state index in [1.807, 2.05) is 7.05 Å². The molecular formula is C14H23ClN4O3. The highest BCUT2D eigenvalue weighted by molar-refractivity contribution is 5.93. The predicted molar refractivity (Wildman–Crippen MR) is 86.5 cm³/mol. The van der Waals surface area contributed by atoms with Gasteiger partial charge in [0.05, 0.1) is 7.05 Å². The summed E-state index contributed by atoms with van der Waals surface area (Å²) in [4.78, 5) is 24.6. The summed E-state index contributed by atoms with van der Waals surface area (Å²) < 4.78 is 1.36. The van der Waals surface area contributed by atoms with E-state index in [1.165, 1.54) is 16.7 Å². The monoisotopic (exact) mass is 330 g/mol. The van der Waals surface area contributed by atoms with Crippen LogP contribution >= 0.6 is 12.4 Å². The van der Waals surface area contributed by atoms with Crippen LogP contribution in [0.2, 0.25) is 0 Å². The number of halogens is 1. The van der Waals surface area contributed by atoms with Crippen LogP contribution in [0.4, 0.5) is 5.82 Å². The summed E-state index contributed by atoms with van der Waals surface area (Å²) in [5.41, 5.74) is 0.385. The van der Waals surface area contributed by atoms with Crippen molar-refractivity contribution in [3.63, 3.8) is 0 Å². The maximum absolute atomic E-state index is 12.4. The Balaban J connectivity index is 0.00000242. The van der Waals surface area contributed by atoms with Crippen molar-refractivity contribution >= 4 is 24.1 Å². The van der Waals surface area contributed by atoms with E-state index in [1.54, 1.807) is 11.9 Å². The zero-order valence-corrected chi connectivity index (χ0v) is 13.8. The lowest BCUT2D eigenvalue weighted by molar-refractivity contribution is -0.391. The van der Waals surface area contributed by atoms with Crippen molar-refractivity contribution in [1.29, 1.82) is 0 Å². The Morgan fingerprint density at radius 1 is 1.41 bits per heavy atom. The van der Waals surface area contributed by atoms with E-state index in [4.69, 9.17) is 0 Å². The molecule has 8 heteroatoms. The minimum Gasteiger partial charge on any atom is -0.358 e. The van der Waals surface area contributed by atoms with E-state index < -0.39 is 4.92 Å². The zero-order valence-electron chi connectivity index (χ0n) is 12.9. The molecule has 1 saturated heterocycles. The second-order valence-corrected chi connectivity index (χ2v) is 5.52. The van der Waals surface area contributed by atoms with Gasteiger partial charge in [-0.2, -0.15) is 0 Å². The molecule has 124 valence electrons. The highest BCUT2D eigenvalue weighted by atomic mass is 35.5. The summed E-state index contributed by atoms with van der Waals surface area (Å²) in [7, 11) is 3.51. The highest BCUT2D eigenvalue weighted by Crippen LogP contribution is 2.23. The number of piperidine rings is 1. The van der Waals surface area contributed by atoms with Crippen molar-refractivity contribution in [3.05, 3.63) is 27.9 Å². The summed E-state index contributed by atoms with van der Waals surface area (Å²) in [6.07, 6.45) is 3.13. The van der Waals surface area contributed by atoms with E-state index in [2.05, 4.69) is 5.32 Å². The molecule has 0 radical (unpaired) electrons. The maximum atomic E-state index is 12.4. The third-order valence-electron chi connectivity index (χ3n) is 4.21. The molecule has 2 heterocycles. The Morgan fingerprint density at radius 3 is 2.55 bits per heavy atom. The van der Waals surface area contributed by atoms with Gasteiger partial charge in [0, 0.05) is 19.2 Å². The lowest BCUT2D eigenvalue weighted by Crippen LogP contribution is -2.39. The first kappa shape index (κ1) is 18.4. The van der Waals surface area contributed by atoms with Crippen LogP contribution in [0.1, 0.15) is 29.8 Å². The molecule has 0 aromatic carbocycles. The lowest BCUT2D eigenvalue weighted by Gasteiger charge is -2.31. The van der Waals surface area contributed by atoms with Gasteiger partial charge in [-0.05, 0) is 49.8 Å². The fourth-order valence-electron chi connectivity index (χ4n) is 2.83. The molecule has 0 atom stereocenters. The summed E-state index contributed by atoms with van der Waals surface area (Å²) in [6, 6.07) is 2.92. The molecule has 0 saturated carbocycles. The fourth-order valence-corrected chi connectivity index (χ4v) is 2.83. The summed E-state index contributed by atoms with van der Waals surface area (Å²) in [5.74, 6) is 0.490. The summed E-state index contributed by atoms with van der Waals surface area (Å²) in [6.45, 7) is 2.46. The second-order valence-electron chi connectivity index (χ2n) is 5.52. The van der Waals surface area contributed by atoms with Gasteiger partial charge in [-0.3, -0.25) is 4.79 Å². The molecule has 1 N–H and O–H groups in total. The smallest absolute Gasteiger partial charge is 0.323 e. The summed E-state index contributed by atoms with van der Waals surface area (Å²) >= 11 is 0. The third kappa shape index (κ3) is 3.98. The molecule has 7 nitrogen and oxygen atoms in total. The molecule has 1 aromatic rings. The van der Waals surface area contributed by atoms with Crippen LogP contribution in [0.5, 0.6) is 0 Å². The number of likely N-dealkylation sites (tertiary alicyclic amines) is 1. The minimum atomic E-state index is -0.471. The third-order valence-corrected chi connectivity index (χ3v) is 4.21. The number of aromatic nitrogens is 1. The normalized spacial score (nSPS) is 15.5. The van der Waals surface area contributed by atoms with E-state index >= 15 is 0 Å². The van der Waals surface area contributed by atoms with Gasteiger partial charge in [-0.25, -0.2) is 4.57 Å². The molecule has 0 unspecified atom stereocenters. The molecule has 1 amide bonds. The SMILES string of the molecule is CNCCC1CCN(C(=O)c2ccc([N+](=O)[O-])n2C)CC1.Cl. The van der Waals surface area contributed by atoms with Gasteiger partial charge in [-0.15, -0.1) is 12.4 Å². The Labute approximate surface area is 136 Å². The average molecular weight is 331 g/mol. The molecule has 0 aliphatic carbocycles. The van der Waals surface area contributed by atoms with Crippen LogP contribution < -0.4 is 5.32 Å². The number of carbonyl (C=O) groups is 1. The molecule has 1 aliphatic heterocycles. The Morgan fingerprint density at radius 2 is 2.05 bits per heavy atom. The van der Waals surface area contributed by atoms with Crippen LogP contribution in [-0.4, -0.2) is 47.0 Å². The van der Waals surface area contributed by atoms with E-state index in [0.29, 0.717) is 11.6 Å². The van der Waals surface area contributed by atoms with Crippen LogP contribution in [0, 0.1) is 16.0 Å². The quantitative estimate of drug-likeness (QED) is 0.659. The topological polar surface area (TPSA) is 80.4 Å². The van der Waals surface area contributed by atoms with Gasteiger partial charge in [-0.1, -0.05) is 0 Å². The first-order chi connectivity index (χ1) is 10.0. The van der Waals surface area contributed by atoms with Crippen LogP contribution in [0.15, 0.2) is 12.1 Å². The number of hydrogen-bond acceptors (Lipinski definition) is 4. The largest absolute Gasteiger partial charge is 0.358 e. The van der Waals surface area contributed by atoms with Gasteiger partial charge < -0.3 is 20.3 Å². The second kappa shape index (κ2) is 8.14. The lowest BCUT2D eigenvalue weighted by atomic mass is 9.93.